The van der Waals surface area contributed by atoms with Gasteiger partial charge in [-0.25, -0.2) is 13.8 Å². The second kappa shape index (κ2) is 6.57. The van der Waals surface area contributed by atoms with Gasteiger partial charge in [0.25, 0.3) is 0 Å². The third-order valence-corrected chi connectivity index (χ3v) is 5.16. The van der Waals surface area contributed by atoms with E-state index >= 15 is 0 Å². The molecule has 1 aromatic rings. The molecule has 1 saturated heterocycles. The summed E-state index contributed by atoms with van der Waals surface area (Å²) < 4.78 is 29.4. The summed E-state index contributed by atoms with van der Waals surface area (Å²) in [6.07, 6.45) is 7.17. The molecule has 23 heavy (non-hydrogen) atoms. The van der Waals surface area contributed by atoms with Crippen molar-refractivity contribution in [2.45, 2.75) is 70.4 Å². The molecule has 0 spiro atoms. The second-order valence-electron chi connectivity index (χ2n) is 6.76. The molecule has 0 aromatic carbocycles. The van der Waals surface area contributed by atoms with Gasteiger partial charge >= 0.3 is 0 Å². The highest BCUT2D eigenvalue weighted by Crippen LogP contribution is 2.39. The summed E-state index contributed by atoms with van der Waals surface area (Å²) in [5.74, 6) is -2.43. The molecular weight excluding hydrogens is 300 g/mol. The number of likely N-dealkylation sites (tertiary alicyclic amines) is 1. The Bertz CT molecular complexity index is 558. The third-order valence-electron chi connectivity index (χ3n) is 5.16. The highest BCUT2D eigenvalue weighted by atomic mass is 19.3. The Morgan fingerprint density at radius 3 is 2.91 bits per heavy atom. The van der Waals surface area contributed by atoms with Crippen LogP contribution in [-0.2, 0) is 11.3 Å². The summed E-state index contributed by atoms with van der Waals surface area (Å²) in [6.45, 7) is 3.50. The number of imidazole rings is 1. The first kappa shape index (κ1) is 16.4. The van der Waals surface area contributed by atoms with Crippen LogP contribution in [-0.4, -0.2) is 32.8 Å². The standard InChI is InChI=1S/C17H25F2N3O/c1-2-21-11-9-20-15(21)14-7-3-4-10-22(14)16(23)13-6-5-8-17(18,19)12-13/h9,11,13-14H,2-8,10,12H2,1H3/t13-,14+/m0/s1. The van der Waals surface area contributed by atoms with E-state index in [-0.39, 0.29) is 24.8 Å². The number of hydrogen-bond acceptors (Lipinski definition) is 2. The molecule has 0 N–H and O–H groups in total. The largest absolute Gasteiger partial charge is 0.333 e. The minimum Gasteiger partial charge on any atom is -0.333 e. The maximum atomic E-state index is 13.7. The SMILES string of the molecule is CCn1ccnc1[C@H]1CCCCN1C(=O)[C@H]1CCCC(F)(F)C1. The maximum absolute atomic E-state index is 13.7. The molecule has 1 saturated carbocycles. The Kier molecular flexibility index (Phi) is 4.69. The van der Waals surface area contributed by atoms with Gasteiger partial charge < -0.3 is 9.47 Å². The molecular formula is C17H25F2N3O. The zero-order chi connectivity index (χ0) is 16.4. The fraction of sp³-hybridized carbons (Fsp3) is 0.765. The lowest BCUT2D eigenvalue weighted by molar-refractivity contribution is -0.146. The number of carbonyl (C=O) groups is 1. The molecule has 2 atom stereocenters. The maximum Gasteiger partial charge on any atom is 0.248 e. The van der Waals surface area contributed by atoms with Gasteiger partial charge in [-0.2, -0.15) is 0 Å². The molecule has 2 aliphatic rings. The lowest BCUT2D eigenvalue weighted by Gasteiger charge is -2.39. The topological polar surface area (TPSA) is 38.1 Å². The van der Waals surface area contributed by atoms with Crippen molar-refractivity contribution in [2.24, 2.45) is 5.92 Å². The number of nitrogens with zero attached hydrogens (tertiary/aromatic N) is 3. The lowest BCUT2D eigenvalue weighted by Crippen LogP contribution is -2.45. The van der Waals surface area contributed by atoms with E-state index in [2.05, 4.69) is 4.98 Å². The van der Waals surface area contributed by atoms with Gasteiger partial charge in [0.1, 0.15) is 5.82 Å². The van der Waals surface area contributed by atoms with Gasteiger partial charge in [0, 0.05) is 44.2 Å². The number of aryl methyl sites for hydroxylation is 1. The first-order valence-electron chi connectivity index (χ1n) is 8.71. The monoisotopic (exact) mass is 325 g/mol. The number of hydrogen-bond donors (Lipinski definition) is 0. The van der Waals surface area contributed by atoms with E-state index in [1.54, 1.807) is 6.20 Å². The molecule has 6 heteroatoms. The van der Waals surface area contributed by atoms with Crippen molar-refractivity contribution in [3.05, 3.63) is 18.2 Å². The summed E-state index contributed by atoms with van der Waals surface area (Å²) in [6, 6.07) is -0.0678. The first-order chi connectivity index (χ1) is 11.0. The average Bonchev–Trinajstić information content (AvgIpc) is 3.01. The lowest BCUT2D eigenvalue weighted by atomic mass is 9.84. The normalized spacial score (nSPS) is 27.9. The summed E-state index contributed by atoms with van der Waals surface area (Å²) >= 11 is 0. The Balaban J connectivity index is 1.79. The van der Waals surface area contributed by atoms with Crippen LogP contribution < -0.4 is 0 Å². The molecule has 4 nitrogen and oxygen atoms in total. The zero-order valence-corrected chi connectivity index (χ0v) is 13.7. The van der Waals surface area contributed by atoms with Crippen LogP contribution in [0.1, 0.15) is 63.7 Å². The quantitative estimate of drug-likeness (QED) is 0.848. The van der Waals surface area contributed by atoms with Crippen LogP contribution in [0.15, 0.2) is 12.4 Å². The molecule has 2 fully saturated rings. The van der Waals surface area contributed by atoms with Crippen molar-refractivity contribution < 1.29 is 13.6 Å². The summed E-state index contributed by atoms with van der Waals surface area (Å²) in [4.78, 5) is 19.2. The first-order valence-corrected chi connectivity index (χ1v) is 8.71. The molecule has 1 aliphatic heterocycles. The van der Waals surface area contributed by atoms with Crippen molar-refractivity contribution >= 4 is 5.91 Å². The minimum atomic E-state index is -2.69. The number of aromatic nitrogens is 2. The number of rotatable bonds is 3. The second-order valence-corrected chi connectivity index (χ2v) is 6.76. The molecule has 1 aliphatic carbocycles. The van der Waals surface area contributed by atoms with Gasteiger partial charge in [0.15, 0.2) is 0 Å². The summed E-state index contributed by atoms with van der Waals surface area (Å²) in [7, 11) is 0. The van der Waals surface area contributed by atoms with Gasteiger partial charge in [-0.15, -0.1) is 0 Å². The molecule has 128 valence electrons. The van der Waals surface area contributed by atoms with Gasteiger partial charge in [-0.05, 0) is 39.0 Å². The van der Waals surface area contributed by atoms with Crippen molar-refractivity contribution in [2.75, 3.05) is 6.54 Å². The van der Waals surface area contributed by atoms with Gasteiger partial charge in [0.2, 0.25) is 11.8 Å². The molecule has 1 amide bonds. The summed E-state index contributed by atoms with van der Waals surface area (Å²) in [5, 5.41) is 0. The van der Waals surface area contributed by atoms with E-state index in [1.165, 1.54) is 0 Å². The third kappa shape index (κ3) is 3.40. The molecule has 2 heterocycles. The predicted octanol–water partition coefficient (Wildman–Crippen LogP) is 3.78. The van der Waals surface area contributed by atoms with E-state index < -0.39 is 11.8 Å². The van der Waals surface area contributed by atoms with Gasteiger partial charge in [0.05, 0.1) is 6.04 Å². The van der Waals surface area contributed by atoms with Crippen LogP contribution in [0.3, 0.4) is 0 Å². The minimum absolute atomic E-state index is 0.0678. The van der Waals surface area contributed by atoms with Crippen LogP contribution in [0, 0.1) is 5.92 Å². The molecule has 3 rings (SSSR count). The van der Waals surface area contributed by atoms with Crippen LogP contribution in [0.2, 0.25) is 0 Å². The Labute approximate surface area is 135 Å². The van der Waals surface area contributed by atoms with Crippen molar-refractivity contribution in [1.82, 2.24) is 14.5 Å². The zero-order valence-electron chi connectivity index (χ0n) is 13.7. The Morgan fingerprint density at radius 2 is 2.17 bits per heavy atom. The number of alkyl halides is 2. The van der Waals surface area contributed by atoms with E-state index in [1.807, 2.05) is 22.6 Å². The Morgan fingerprint density at radius 1 is 1.35 bits per heavy atom. The fourth-order valence-corrected chi connectivity index (χ4v) is 3.97. The van der Waals surface area contributed by atoms with Gasteiger partial charge in [-0.1, -0.05) is 0 Å². The molecule has 0 radical (unpaired) electrons. The van der Waals surface area contributed by atoms with E-state index in [9.17, 15) is 13.6 Å². The van der Waals surface area contributed by atoms with Crippen molar-refractivity contribution in [3.63, 3.8) is 0 Å². The predicted molar refractivity (Wildman–Crippen MR) is 83.1 cm³/mol. The number of amides is 1. The highest BCUT2D eigenvalue weighted by Gasteiger charge is 2.42. The number of piperidine rings is 1. The van der Waals surface area contributed by atoms with Crippen molar-refractivity contribution in [3.8, 4) is 0 Å². The van der Waals surface area contributed by atoms with Crippen molar-refractivity contribution in [1.29, 1.82) is 0 Å². The molecule has 1 aromatic heterocycles. The van der Waals surface area contributed by atoms with Crippen LogP contribution >= 0.6 is 0 Å². The highest BCUT2D eigenvalue weighted by molar-refractivity contribution is 5.79. The van der Waals surface area contributed by atoms with Gasteiger partial charge in [-0.3, -0.25) is 4.79 Å². The molecule has 0 bridgehead atoms. The smallest absolute Gasteiger partial charge is 0.248 e. The fourth-order valence-electron chi connectivity index (χ4n) is 3.97. The number of halogens is 2. The molecule has 0 unspecified atom stereocenters. The number of carbonyl (C=O) groups excluding carboxylic acids is 1. The van der Waals surface area contributed by atoms with Crippen LogP contribution in [0.4, 0.5) is 8.78 Å². The average molecular weight is 325 g/mol. The van der Waals surface area contributed by atoms with E-state index in [0.29, 0.717) is 19.4 Å². The van der Waals surface area contributed by atoms with Crippen LogP contribution in [0.5, 0.6) is 0 Å². The van der Waals surface area contributed by atoms with E-state index in [0.717, 1.165) is 31.6 Å². The van der Waals surface area contributed by atoms with Crippen LogP contribution in [0.25, 0.3) is 0 Å². The van der Waals surface area contributed by atoms with E-state index in [4.69, 9.17) is 0 Å². The summed E-state index contributed by atoms with van der Waals surface area (Å²) in [5.41, 5.74) is 0. The Hall–Kier alpha value is -1.46.